The fourth-order valence-corrected chi connectivity index (χ4v) is 0.675. The summed E-state index contributed by atoms with van der Waals surface area (Å²) in [5.41, 5.74) is 0. The van der Waals surface area contributed by atoms with E-state index >= 15 is 0 Å². The summed E-state index contributed by atoms with van der Waals surface area (Å²) in [6, 6.07) is 0. The Bertz CT molecular complexity index is 33.9. The SMILES string of the molecule is [B]CCCCCC[CH2-].[Pa]. The molecule has 0 heterocycles. The zero-order valence-corrected chi connectivity index (χ0v) is 10.9. The minimum absolute atomic E-state index is 0. The van der Waals surface area contributed by atoms with Crippen molar-refractivity contribution in [2.75, 3.05) is 0 Å². The van der Waals surface area contributed by atoms with Gasteiger partial charge >= 0.3 is 0 Å². The second-order valence-electron chi connectivity index (χ2n) is 2.06. The van der Waals surface area contributed by atoms with Crippen LogP contribution in [0, 0.1) is 39.2 Å². The van der Waals surface area contributed by atoms with Gasteiger partial charge in [-0.1, -0.05) is 32.0 Å². The van der Waals surface area contributed by atoms with Gasteiger partial charge < -0.3 is 6.92 Å². The third kappa shape index (κ3) is 12.4. The molecule has 0 aromatic heterocycles. The van der Waals surface area contributed by atoms with Gasteiger partial charge in [-0.2, -0.15) is 6.42 Å². The standard InChI is InChI=1S/C7H14B.Pa/c1-2-3-4-5-6-7-8;/h1-7H2;/q-1;. The van der Waals surface area contributed by atoms with Crippen LogP contribution in [0.1, 0.15) is 32.1 Å². The van der Waals surface area contributed by atoms with E-state index in [1.807, 2.05) is 0 Å². The van der Waals surface area contributed by atoms with Crippen LogP contribution in [0.4, 0.5) is 0 Å². The molecule has 0 saturated heterocycles. The predicted octanol–water partition coefficient (Wildman–Crippen LogP) is 2.36. The average molecular weight is 340 g/mol. The van der Waals surface area contributed by atoms with E-state index in [4.69, 9.17) is 7.85 Å². The first-order valence-electron chi connectivity index (χ1n) is 3.41. The molecule has 0 saturated carbocycles. The molecule has 0 bridgehead atoms. The Morgan fingerprint density at radius 1 is 1.00 bits per heavy atom. The molecule has 0 spiro atoms. The second-order valence-corrected chi connectivity index (χ2v) is 2.06. The molecule has 0 aromatic carbocycles. The van der Waals surface area contributed by atoms with Crippen molar-refractivity contribution >= 4 is 7.85 Å². The van der Waals surface area contributed by atoms with Crippen LogP contribution in [0.5, 0.6) is 0 Å². The van der Waals surface area contributed by atoms with Crippen molar-refractivity contribution in [2.45, 2.75) is 38.4 Å². The van der Waals surface area contributed by atoms with Gasteiger partial charge in [0, 0.05) is 32.3 Å². The van der Waals surface area contributed by atoms with E-state index in [0.717, 1.165) is 12.7 Å². The van der Waals surface area contributed by atoms with Crippen molar-refractivity contribution in [1.82, 2.24) is 0 Å². The van der Waals surface area contributed by atoms with Crippen LogP contribution in [0.2, 0.25) is 6.32 Å². The van der Waals surface area contributed by atoms with Crippen LogP contribution in [-0.2, 0) is 0 Å². The molecule has 49 valence electrons. The van der Waals surface area contributed by atoms with Gasteiger partial charge in [-0.15, -0.1) is 0 Å². The van der Waals surface area contributed by atoms with Crippen LogP contribution in [0.3, 0.4) is 0 Å². The molecular formula is C7H14BPa-. The summed E-state index contributed by atoms with van der Waals surface area (Å²) in [5.74, 6) is 0. The van der Waals surface area contributed by atoms with Gasteiger partial charge in [0.2, 0.25) is 0 Å². The van der Waals surface area contributed by atoms with Gasteiger partial charge in [-0.05, 0) is 0 Å². The molecule has 0 atom stereocenters. The van der Waals surface area contributed by atoms with Crippen LogP contribution >= 0.6 is 0 Å². The molecule has 0 fully saturated rings. The second kappa shape index (κ2) is 11.9. The molecule has 0 amide bonds. The molecule has 3 radical (unpaired) electrons. The Morgan fingerprint density at radius 2 is 1.56 bits per heavy atom. The van der Waals surface area contributed by atoms with Crippen molar-refractivity contribution in [1.29, 1.82) is 0 Å². The van der Waals surface area contributed by atoms with Crippen LogP contribution in [0.25, 0.3) is 0 Å². The number of rotatable bonds is 5. The van der Waals surface area contributed by atoms with Gasteiger partial charge in [0.1, 0.15) is 0 Å². The Labute approximate surface area is 85.1 Å². The molecule has 0 unspecified atom stereocenters. The molecule has 0 N–H and O–H groups in total. The van der Waals surface area contributed by atoms with E-state index in [-0.39, 0.29) is 32.3 Å². The molecule has 2 heteroatoms. The van der Waals surface area contributed by atoms with E-state index in [1.165, 1.54) is 25.7 Å². The van der Waals surface area contributed by atoms with Crippen molar-refractivity contribution < 1.29 is 32.3 Å². The first kappa shape index (κ1) is 12.8. The maximum atomic E-state index is 5.30. The predicted molar refractivity (Wildman–Crippen MR) is 39.0 cm³/mol. The van der Waals surface area contributed by atoms with Gasteiger partial charge in [0.25, 0.3) is 0 Å². The molecule has 0 aromatic rings. The van der Waals surface area contributed by atoms with Crippen molar-refractivity contribution in [2.24, 2.45) is 0 Å². The summed E-state index contributed by atoms with van der Waals surface area (Å²) in [7, 11) is 5.30. The normalized spacial score (nSPS) is 8.56. The zero-order valence-electron chi connectivity index (χ0n) is 6.10. The maximum absolute atomic E-state index is 5.30. The van der Waals surface area contributed by atoms with Crippen LogP contribution in [-0.4, -0.2) is 7.85 Å². The third-order valence-electron chi connectivity index (χ3n) is 1.20. The van der Waals surface area contributed by atoms with Crippen LogP contribution in [0.15, 0.2) is 0 Å². The van der Waals surface area contributed by atoms with E-state index in [9.17, 15) is 0 Å². The largest absolute Gasteiger partial charge is 0.343 e. The topological polar surface area (TPSA) is 0 Å². The van der Waals surface area contributed by atoms with Crippen molar-refractivity contribution in [3.05, 3.63) is 6.92 Å². The molecule has 0 rings (SSSR count). The first-order chi connectivity index (χ1) is 3.91. The summed E-state index contributed by atoms with van der Waals surface area (Å²) < 4.78 is 0. The summed E-state index contributed by atoms with van der Waals surface area (Å²) >= 11 is 0. The van der Waals surface area contributed by atoms with Crippen molar-refractivity contribution in [3.63, 3.8) is 0 Å². The average Bonchev–Trinajstić information content (AvgIpc) is 1.81. The molecule has 0 nitrogen and oxygen atoms in total. The Kier molecular flexibility index (Phi) is 16.9. The number of hydrogen-bond donors (Lipinski definition) is 0. The Hall–Kier alpha value is 1.16. The summed E-state index contributed by atoms with van der Waals surface area (Å²) in [6.45, 7) is 3.75. The third-order valence-corrected chi connectivity index (χ3v) is 1.20. The fourth-order valence-electron chi connectivity index (χ4n) is 0.675. The van der Waals surface area contributed by atoms with Crippen LogP contribution < -0.4 is 0 Å². The fraction of sp³-hybridized carbons (Fsp3) is 0.857. The minimum Gasteiger partial charge on any atom is -0.343 e. The quantitative estimate of drug-likeness (QED) is 0.410. The van der Waals surface area contributed by atoms with E-state index in [1.54, 1.807) is 0 Å². The zero-order chi connectivity index (χ0) is 6.24. The first-order valence-corrected chi connectivity index (χ1v) is 3.41. The van der Waals surface area contributed by atoms with E-state index in [0.29, 0.717) is 0 Å². The van der Waals surface area contributed by atoms with E-state index < -0.39 is 0 Å². The smallest absolute Gasteiger partial charge is 0.0653 e. The molecule has 9 heavy (non-hydrogen) atoms. The minimum atomic E-state index is 0. The maximum Gasteiger partial charge on any atom is 0.0653 e. The Balaban J connectivity index is 0. The number of unbranched alkanes of at least 4 members (excludes halogenated alkanes) is 4. The number of hydrogen-bond acceptors (Lipinski definition) is 0. The van der Waals surface area contributed by atoms with Crippen molar-refractivity contribution in [3.8, 4) is 0 Å². The molecule has 0 aliphatic rings. The van der Waals surface area contributed by atoms with Gasteiger partial charge in [0.15, 0.2) is 0 Å². The van der Waals surface area contributed by atoms with Gasteiger partial charge in [-0.25, -0.2) is 0 Å². The summed E-state index contributed by atoms with van der Waals surface area (Å²) in [6.07, 6.45) is 6.95. The summed E-state index contributed by atoms with van der Waals surface area (Å²) in [4.78, 5) is 0. The van der Waals surface area contributed by atoms with Gasteiger partial charge in [0.05, 0.1) is 7.85 Å². The Morgan fingerprint density at radius 3 is 2.00 bits per heavy atom. The molecular weight excluding hydrogens is 326 g/mol. The molecule has 0 aliphatic carbocycles. The van der Waals surface area contributed by atoms with Gasteiger partial charge in [-0.3, -0.25) is 0 Å². The van der Waals surface area contributed by atoms with E-state index in [2.05, 4.69) is 6.92 Å². The summed E-state index contributed by atoms with van der Waals surface area (Å²) in [5, 5.41) is 0. The monoisotopic (exact) mass is 340 g/mol. The molecule has 0 aliphatic heterocycles.